The molecule has 0 bridgehead atoms. The van der Waals surface area contributed by atoms with Crippen LogP contribution in [0.2, 0.25) is 0 Å². The Hall–Kier alpha value is -0.383. The molecular weight excluding hydrogens is 167 g/mol. The van der Waals surface area contributed by atoms with Crippen molar-refractivity contribution in [2.45, 2.75) is 38.0 Å². The van der Waals surface area contributed by atoms with Crippen LogP contribution in [0.3, 0.4) is 0 Å². The molecule has 0 saturated heterocycles. The third kappa shape index (κ3) is 2.56. The average Bonchev–Trinajstić information content (AvgIpc) is 2.20. The first-order valence-corrected chi connectivity index (χ1v) is 5.14. The minimum absolute atomic E-state index is 0. The van der Waals surface area contributed by atoms with Gasteiger partial charge in [-0.3, -0.25) is 0 Å². The molecule has 0 spiro atoms. The van der Waals surface area contributed by atoms with Crippen molar-refractivity contribution < 1.29 is 24.0 Å². The van der Waals surface area contributed by atoms with Gasteiger partial charge in [0.15, 0.2) is 0 Å². The van der Waals surface area contributed by atoms with Gasteiger partial charge in [0.2, 0.25) is 0 Å². The fourth-order valence-electron chi connectivity index (χ4n) is 2.23. The van der Waals surface area contributed by atoms with Crippen molar-refractivity contribution in [1.29, 1.82) is 0 Å². The van der Waals surface area contributed by atoms with Crippen molar-refractivity contribution >= 4 is 0 Å². The largest absolute Gasteiger partial charge is 1.00 e. The number of benzene rings is 1. The summed E-state index contributed by atoms with van der Waals surface area (Å²) in [5.74, 6) is 0.775. The molecule has 2 rings (SSSR count). The van der Waals surface area contributed by atoms with Crippen LogP contribution < -0.4 is 24.0 Å². The molecule has 70 valence electrons. The zero-order valence-corrected chi connectivity index (χ0v) is 8.83. The molecule has 2 heteroatoms. The Morgan fingerprint density at radius 2 is 1.64 bits per heavy atom. The molecule has 1 saturated carbocycles. The molecule has 14 heavy (non-hydrogen) atoms. The van der Waals surface area contributed by atoms with Gasteiger partial charge in [0, 0.05) is 0 Å². The predicted molar refractivity (Wildman–Crippen MR) is 51.7 cm³/mol. The van der Waals surface area contributed by atoms with E-state index in [2.05, 4.69) is 0 Å². The Morgan fingerprint density at radius 3 is 2.29 bits per heavy atom. The molecule has 1 aromatic carbocycles. The Kier molecular flexibility index (Phi) is 4.58. The summed E-state index contributed by atoms with van der Waals surface area (Å²) >= 11 is 0. The molecule has 0 radical (unpaired) electrons. The van der Waals surface area contributed by atoms with Crippen LogP contribution >= 0.6 is 0 Å². The second-order valence-electron chi connectivity index (χ2n) is 3.87. The molecule has 1 nitrogen and oxygen atoms in total. The first kappa shape index (κ1) is 11.7. The fourth-order valence-corrected chi connectivity index (χ4v) is 2.23. The summed E-state index contributed by atoms with van der Waals surface area (Å²) in [4.78, 5) is 0. The predicted octanol–water partition coefficient (Wildman–Crippen LogP) is -0.188. The van der Waals surface area contributed by atoms with Crippen LogP contribution in [0.15, 0.2) is 24.3 Å². The average molecular weight is 182 g/mol. The fraction of sp³-hybridized carbons (Fsp3) is 0.500. The summed E-state index contributed by atoms with van der Waals surface area (Å²) in [5.41, 5.74) is 1.04. The van der Waals surface area contributed by atoms with Gasteiger partial charge in [-0.15, -0.1) is 5.75 Å². The van der Waals surface area contributed by atoms with E-state index >= 15 is 0 Å². The molecule has 1 aliphatic rings. The van der Waals surface area contributed by atoms with E-state index in [1.165, 1.54) is 32.1 Å². The Bertz CT molecular complexity index is 279. The van der Waals surface area contributed by atoms with Crippen molar-refractivity contribution in [3.63, 3.8) is 0 Å². The van der Waals surface area contributed by atoms with Gasteiger partial charge in [-0.1, -0.05) is 49.1 Å². The number of rotatable bonds is 1. The maximum absolute atomic E-state index is 11.5. The van der Waals surface area contributed by atoms with Crippen molar-refractivity contribution in [2.24, 2.45) is 0 Å². The third-order valence-corrected chi connectivity index (χ3v) is 2.96. The smallest absolute Gasteiger partial charge is 0.872 e. The van der Waals surface area contributed by atoms with E-state index < -0.39 is 0 Å². The van der Waals surface area contributed by atoms with Gasteiger partial charge in [0.25, 0.3) is 0 Å². The molecule has 0 aromatic heterocycles. The quantitative estimate of drug-likeness (QED) is 0.552. The SMILES string of the molecule is [Li+].[O-]c1ccccc1C1CCCCC1. The summed E-state index contributed by atoms with van der Waals surface area (Å²) in [6.07, 6.45) is 6.34. The molecule has 1 fully saturated rings. The van der Waals surface area contributed by atoms with Crippen LogP contribution in [0.1, 0.15) is 43.6 Å². The Labute approximate surface area is 97.7 Å². The standard InChI is InChI=1S/C12H16O.Li/c13-12-9-5-4-8-11(12)10-6-2-1-3-7-10;/h4-5,8-10,13H,1-3,6-7H2;/q;+1/p-1. The molecule has 0 unspecified atom stereocenters. The van der Waals surface area contributed by atoms with E-state index in [0.29, 0.717) is 5.92 Å². The van der Waals surface area contributed by atoms with Crippen LogP contribution in [0.5, 0.6) is 5.75 Å². The molecule has 0 N–H and O–H groups in total. The van der Waals surface area contributed by atoms with Crippen molar-refractivity contribution in [1.82, 2.24) is 0 Å². The van der Waals surface area contributed by atoms with E-state index in [4.69, 9.17) is 0 Å². The van der Waals surface area contributed by atoms with Crippen LogP contribution in [-0.4, -0.2) is 0 Å². The minimum atomic E-state index is 0. The van der Waals surface area contributed by atoms with Gasteiger partial charge < -0.3 is 5.11 Å². The zero-order valence-electron chi connectivity index (χ0n) is 8.83. The minimum Gasteiger partial charge on any atom is -0.872 e. The van der Waals surface area contributed by atoms with Gasteiger partial charge in [-0.2, -0.15) is 0 Å². The van der Waals surface area contributed by atoms with Crippen LogP contribution in [0.25, 0.3) is 0 Å². The summed E-state index contributed by atoms with van der Waals surface area (Å²) in [7, 11) is 0. The summed E-state index contributed by atoms with van der Waals surface area (Å²) in [5, 5.41) is 11.5. The zero-order chi connectivity index (χ0) is 9.10. The first-order valence-electron chi connectivity index (χ1n) is 5.14. The molecule has 1 aromatic rings. The summed E-state index contributed by atoms with van der Waals surface area (Å²) < 4.78 is 0. The maximum Gasteiger partial charge on any atom is 1.00 e. The van der Waals surface area contributed by atoms with Crippen LogP contribution in [0.4, 0.5) is 0 Å². The van der Waals surface area contributed by atoms with E-state index in [9.17, 15) is 5.11 Å². The number of hydrogen-bond acceptors (Lipinski definition) is 1. The molecule has 0 heterocycles. The van der Waals surface area contributed by atoms with Crippen LogP contribution in [-0.2, 0) is 0 Å². The van der Waals surface area contributed by atoms with Crippen LogP contribution in [0, 0.1) is 0 Å². The van der Waals surface area contributed by atoms with E-state index in [-0.39, 0.29) is 24.6 Å². The normalized spacial score (nSPS) is 17.4. The van der Waals surface area contributed by atoms with Gasteiger partial charge >= 0.3 is 18.9 Å². The molecular formula is C12H15LiO. The van der Waals surface area contributed by atoms with E-state index in [0.717, 1.165) is 5.56 Å². The number of para-hydroxylation sites is 1. The number of hydrogen-bond donors (Lipinski definition) is 0. The third-order valence-electron chi connectivity index (χ3n) is 2.96. The van der Waals surface area contributed by atoms with Gasteiger partial charge in [-0.05, 0) is 18.8 Å². The molecule has 1 aliphatic carbocycles. The summed E-state index contributed by atoms with van der Waals surface area (Å²) in [6.45, 7) is 0. The van der Waals surface area contributed by atoms with Gasteiger partial charge in [0.1, 0.15) is 0 Å². The van der Waals surface area contributed by atoms with E-state index in [1.807, 2.05) is 18.2 Å². The molecule has 0 atom stereocenters. The maximum atomic E-state index is 11.5. The monoisotopic (exact) mass is 182 g/mol. The van der Waals surface area contributed by atoms with Gasteiger partial charge in [-0.25, -0.2) is 0 Å². The second kappa shape index (κ2) is 5.49. The molecule has 0 amide bonds. The van der Waals surface area contributed by atoms with Crippen molar-refractivity contribution in [3.8, 4) is 5.75 Å². The first-order chi connectivity index (χ1) is 6.38. The summed E-state index contributed by atoms with van der Waals surface area (Å²) in [6, 6.07) is 7.49. The van der Waals surface area contributed by atoms with Gasteiger partial charge in [0.05, 0.1) is 0 Å². The van der Waals surface area contributed by atoms with Crippen molar-refractivity contribution in [2.75, 3.05) is 0 Å². The molecule has 0 aliphatic heterocycles. The Morgan fingerprint density at radius 1 is 1.00 bits per heavy atom. The Balaban J connectivity index is 0.000000980. The van der Waals surface area contributed by atoms with Crippen molar-refractivity contribution in [3.05, 3.63) is 29.8 Å². The topological polar surface area (TPSA) is 23.1 Å². The van der Waals surface area contributed by atoms with E-state index in [1.54, 1.807) is 6.07 Å². The second-order valence-corrected chi connectivity index (χ2v) is 3.87.